The topological polar surface area (TPSA) is 16.4 Å². The largest absolute Gasteiger partial charge is 0.455 e. The van der Waals surface area contributed by atoms with Gasteiger partial charge in [-0.25, -0.2) is 0 Å². The second-order valence-electron chi connectivity index (χ2n) is 17.7. The lowest BCUT2D eigenvalue weighted by Crippen LogP contribution is -2.18. The van der Waals surface area contributed by atoms with Crippen molar-refractivity contribution in [3.8, 4) is 44.5 Å². The fourth-order valence-electron chi connectivity index (χ4n) is 10.7. The molecule has 2 heteroatoms. The summed E-state index contributed by atoms with van der Waals surface area (Å²) in [5.41, 5.74) is 20.4. The summed E-state index contributed by atoms with van der Waals surface area (Å²) in [5.74, 6) is 0. The number of anilines is 3. The molecule has 0 bridgehead atoms. The van der Waals surface area contributed by atoms with Crippen molar-refractivity contribution in [2.75, 3.05) is 4.90 Å². The number of hydrogen-bond acceptors (Lipinski definition) is 2. The van der Waals surface area contributed by atoms with Crippen molar-refractivity contribution in [2.24, 2.45) is 0 Å². The van der Waals surface area contributed by atoms with Crippen molar-refractivity contribution in [3.05, 3.63) is 210 Å². The molecule has 2 aliphatic carbocycles. The van der Waals surface area contributed by atoms with Crippen LogP contribution in [0, 0.1) is 0 Å². The van der Waals surface area contributed by atoms with E-state index in [4.69, 9.17) is 4.42 Å². The summed E-state index contributed by atoms with van der Waals surface area (Å²) in [6, 6.07) is 69.3. The standard InChI is InChI=1S/C58H43NO/c1-57(2)50-23-12-10-17-42(50)43-32-30-40(34-52(43)57)59(39-28-25-37(26-29-39)41-21-14-22-48-46-19-11-13-24-54(46)60-56(41)48)53-35-49-44-31-27-38(36-15-6-5-7-16-36)33-51(44)58(3,4)55(49)47-20-9-8-18-45(47)53/h5-35H,1-4H3. The molecule has 0 radical (unpaired) electrons. The molecule has 286 valence electrons. The molecule has 60 heavy (non-hydrogen) atoms. The van der Waals surface area contributed by atoms with E-state index in [1.54, 1.807) is 0 Å². The molecule has 0 spiro atoms. The van der Waals surface area contributed by atoms with E-state index in [1.807, 2.05) is 6.07 Å². The van der Waals surface area contributed by atoms with Gasteiger partial charge in [0, 0.05) is 43.9 Å². The minimum atomic E-state index is -0.193. The first kappa shape index (κ1) is 34.8. The molecule has 0 saturated heterocycles. The number of hydrogen-bond donors (Lipinski definition) is 0. The van der Waals surface area contributed by atoms with Crippen LogP contribution in [0.1, 0.15) is 49.9 Å². The third-order valence-corrected chi connectivity index (χ3v) is 13.6. The van der Waals surface area contributed by atoms with Crippen LogP contribution < -0.4 is 4.90 Å². The highest BCUT2D eigenvalue weighted by Gasteiger charge is 2.39. The number of rotatable bonds is 5. The van der Waals surface area contributed by atoms with Crippen molar-refractivity contribution in [1.29, 1.82) is 0 Å². The lowest BCUT2D eigenvalue weighted by molar-refractivity contribution is 0.660. The molecule has 1 aromatic heterocycles. The van der Waals surface area contributed by atoms with Gasteiger partial charge >= 0.3 is 0 Å². The first-order valence-electron chi connectivity index (χ1n) is 21.1. The maximum atomic E-state index is 6.50. The van der Waals surface area contributed by atoms with Crippen LogP contribution >= 0.6 is 0 Å². The molecule has 10 aromatic rings. The maximum absolute atomic E-state index is 6.50. The number of nitrogens with zero attached hydrogens (tertiary/aromatic N) is 1. The molecule has 2 nitrogen and oxygen atoms in total. The van der Waals surface area contributed by atoms with Crippen LogP contribution in [0.25, 0.3) is 77.2 Å². The van der Waals surface area contributed by atoms with E-state index >= 15 is 0 Å². The lowest BCUT2D eigenvalue weighted by atomic mass is 9.79. The number of furan rings is 1. The Morgan fingerprint density at radius 3 is 1.80 bits per heavy atom. The van der Waals surface area contributed by atoms with E-state index in [0.29, 0.717) is 0 Å². The molecule has 0 N–H and O–H groups in total. The second-order valence-corrected chi connectivity index (χ2v) is 17.7. The van der Waals surface area contributed by atoms with Gasteiger partial charge in [0.1, 0.15) is 11.2 Å². The van der Waals surface area contributed by atoms with Crippen LogP contribution in [0.3, 0.4) is 0 Å². The Morgan fingerprint density at radius 2 is 0.967 bits per heavy atom. The first-order chi connectivity index (χ1) is 29.3. The SMILES string of the molecule is CC1(C)c2ccccc2-c2ccc(N(c3ccc(-c4cccc5c4oc4ccccc45)cc3)c3cc4c(c5ccccc35)C(C)(C)c3cc(-c5ccccc5)ccc3-4)cc21. The predicted molar refractivity (Wildman–Crippen MR) is 252 cm³/mol. The zero-order chi connectivity index (χ0) is 40.3. The van der Waals surface area contributed by atoms with Gasteiger partial charge in [-0.3, -0.25) is 0 Å². The normalized spacial score (nSPS) is 14.3. The van der Waals surface area contributed by atoms with Gasteiger partial charge in [-0.05, 0) is 109 Å². The molecule has 0 fully saturated rings. The molecular weight excluding hydrogens is 727 g/mol. The summed E-state index contributed by atoms with van der Waals surface area (Å²) in [6.07, 6.45) is 0. The summed E-state index contributed by atoms with van der Waals surface area (Å²) < 4.78 is 6.50. The average molecular weight is 770 g/mol. The van der Waals surface area contributed by atoms with E-state index in [2.05, 4.69) is 215 Å². The fourth-order valence-corrected chi connectivity index (χ4v) is 10.7. The summed E-state index contributed by atoms with van der Waals surface area (Å²) in [6.45, 7) is 9.54. The number of benzene rings is 9. The van der Waals surface area contributed by atoms with E-state index in [9.17, 15) is 0 Å². The van der Waals surface area contributed by atoms with Crippen LogP contribution in [-0.4, -0.2) is 0 Å². The van der Waals surface area contributed by atoms with Crippen molar-refractivity contribution < 1.29 is 4.42 Å². The van der Waals surface area contributed by atoms with Crippen LogP contribution in [0.15, 0.2) is 192 Å². The Kier molecular flexibility index (Phi) is 7.36. The Bertz CT molecular complexity index is 3370. The summed E-state index contributed by atoms with van der Waals surface area (Å²) in [7, 11) is 0. The smallest absolute Gasteiger partial charge is 0.143 e. The number of fused-ring (bicyclic) bond motifs is 11. The van der Waals surface area contributed by atoms with E-state index in [0.717, 1.165) is 44.4 Å². The molecule has 0 aliphatic heterocycles. The van der Waals surface area contributed by atoms with Crippen LogP contribution in [0.2, 0.25) is 0 Å². The molecular formula is C58H43NO. The Hall–Kier alpha value is -7.16. The fraction of sp³-hybridized carbons (Fsp3) is 0.103. The van der Waals surface area contributed by atoms with Crippen LogP contribution in [0.4, 0.5) is 17.1 Å². The molecule has 1 heterocycles. The third kappa shape index (κ3) is 4.94. The summed E-state index contributed by atoms with van der Waals surface area (Å²) in [4.78, 5) is 2.50. The van der Waals surface area contributed by atoms with Gasteiger partial charge in [0.2, 0.25) is 0 Å². The van der Waals surface area contributed by atoms with Crippen LogP contribution in [0.5, 0.6) is 0 Å². The summed E-state index contributed by atoms with van der Waals surface area (Å²) in [5, 5.41) is 4.81. The zero-order valence-electron chi connectivity index (χ0n) is 34.3. The quantitative estimate of drug-likeness (QED) is 0.173. The Morgan fingerprint density at radius 1 is 0.367 bits per heavy atom. The third-order valence-electron chi connectivity index (χ3n) is 13.6. The molecule has 12 rings (SSSR count). The van der Waals surface area contributed by atoms with Crippen molar-refractivity contribution in [1.82, 2.24) is 0 Å². The minimum absolute atomic E-state index is 0.137. The maximum Gasteiger partial charge on any atom is 0.143 e. The molecule has 0 saturated carbocycles. The molecule has 0 atom stereocenters. The van der Waals surface area contributed by atoms with E-state index in [1.165, 1.54) is 72.1 Å². The van der Waals surface area contributed by atoms with Crippen LogP contribution in [-0.2, 0) is 10.8 Å². The highest BCUT2D eigenvalue weighted by molar-refractivity contribution is 6.10. The molecule has 9 aromatic carbocycles. The second kappa shape index (κ2) is 12.7. The van der Waals surface area contributed by atoms with E-state index < -0.39 is 0 Å². The number of para-hydroxylation sites is 2. The minimum Gasteiger partial charge on any atom is -0.455 e. The zero-order valence-corrected chi connectivity index (χ0v) is 34.3. The van der Waals surface area contributed by atoms with Gasteiger partial charge in [-0.1, -0.05) is 173 Å². The summed E-state index contributed by atoms with van der Waals surface area (Å²) >= 11 is 0. The van der Waals surface area contributed by atoms with Gasteiger partial charge < -0.3 is 9.32 Å². The Balaban J connectivity index is 1.07. The van der Waals surface area contributed by atoms with Gasteiger partial charge in [0.05, 0.1) is 5.69 Å². The van der Waals surface area contributed by atoms with Gasteiger partial charge in [0.25, 0.3) is 0 Å². The Labute approximate surface area is 351 Å². The van der Waals surface area contributed by atoms with Gasteiger partial charge in [-0.15, -0.1) is 0 Å². The lowest BCUT2D eigenvalue weighted by Gasteiger charge is -2.31. The van der Waals surface area contributed by atoms with E-state index in [-0.39, 0.29) is 10.8 Å². The molecule has 2 aliphatic rings. The predicted octanol–water partition coefficient (Wildman–Crippen LogP) is 16.2. The van der Waals surface area contributed by atoms with Gasteiger partial charge in [0.15, 0.2) is 0 Å². The monoisotopic (exact) mass is 769 g/mol. The van der Waals surface area contributed by atoms with Gasteiger partial charge in [-0.2, -0.15) is 0 Å². The average Bonchev–Trinajstić information content (AvgIpc) is 3.86. The van der Waals surface area contributed by atoms with Crippen molar-refractivity contribution in [2.45, 2.75) is 38.5 Å². The highest BCUT2D eigenvalue weighted by Crippen LogP contribution is 2.56. The van der Waals surface area contributed by atoms with Crippen molar-refractivity contribution >= 4 is 49.8 Å². The first-order valence-corrected chi connectivity index (χ1v) is 21.1. The molecule has 0 unspecified atom stereocenters. The molecule has 0 amide bonds. The highest BCUT2D eigenvalue weighted by atomic mass is 16.3. The van der Waals surface area contributed by atoms with Crippen molar-refractivity contribution in [3.63, 3.8) is 0 Å².